The van der Waals surface area contributed by atoms with Crippen LogP contribution in [0.1, 0.15) is 17.5 Å². The topological polar surface area (TPSA) is 20.3 Å². The number of carbonyl (C=O) groups is 1. The van der Waals surface area contributed by atoms with E-state index in [0.29, 0.717) is 15.8 Å². The lowest BCUT2D eigenvalue weighted by atomic mass is 10.1. The van der Waals surface area contributed by atoms with Crippen molar-refractivity contribution < 1.29 is 9.18 Å². The van der Waals surface area contributed by atoms with Gasteiger partial charge in [0.05, 0.1) is 4.91 Å². The van der Waals surface area contributed by atoms with E-state index in [1.165, 1.54) is 29.5 Å². The van der Waals surface area contributed by atoms with E-state index in [9.17, 15) is 9.18 Å². The van der Waals surface area contributed by atoms with E-state index in [1.54, 1.807) is 23.1 Å². The van der Waals surface area contributed by atoms with E-state index < -0.39 is 0 Å². The van der Waals surface area contributed by atoms with E-state index in [1.807, 2.05) is 18.2 Å². The molecule has 5 heteroatoms. The number of amides is 1. The molecule has 1 heterocycles. The third kappa shape index (κ3) is 4.10. The highest BCUT2D eigenvalue weighted by Gasteiger charge is 2.31. The van der Waals surface area contributed by atoms with E-state index in [-0.39, 0.29) is 11.7 Å². The van der Waals surface area contributed by atoms with Crippen LogP contribution in [0.5, 0.6) is 0 Å². The molecule has 1 fully saturated rings. The minimum Gasteiger partial charge on any atom is -0.293 e. The van der Waals surface area contributed by atoms with Gasteiger partial charge in [-0.3, -0.25) is 9.69 Å². The van der Waals surface area contributed by atoms with E-state index >= 15 is 0 Å². The summed E-state index contributed by atoms with van der Waals surface area (Å²) < 4.78 is 13.5. The Morgan fingerprint density at radius 3 is 2.50 bits per heavy atom. The van der Waals surface area contributed by atoms with Gasteiger partial charge < -0.3 is 0 Å². The molecule has 0 aliphatic carbocycles. The summed E-state index contributed by atoms with van der Waals surface area (Å²) in [7, 11) is 0. The van der Waals surface area contributed by atoms with Crippen molar-refractivity contribution in [2.45, 2.75) is 12.8 Å². The highest BCUT2D eigenvalue weighted by Crippen LogP contribution is 2.32. The van der Waals surface area contributed by atoms with Gasteiger partial charge in [-0.15, -0.1) is 0 Å². The lowest BCUT2D eigenvalue weighted by Gasteiger charge is -2.14. The number of carbonyl (C=O) groups excluding carboxylic acids is 1. The molecule has 0 aromatic heterocycles. The summed E-state index contributed by atoms with van der Waals surface area (Å²) in [4.78, 5) is 14.7. The number of nitrogens with zero attached hydrogens (tertiary/aromatic N) is 1. The molecule has 1 aliphatic rings. The van der Waals surface area contributed by atoms with Crippen molar-refractivity contribution in [1.82, 2.24) is 4.90 Å². The molecule has 122 valence electrons. The zero-order valence-electron chi connectivity index (χ0n) is 12.9. The lowest BCUT2D eigenvalue weighted by Crippen LogP contribution is -2.29. The Bertz CT molecular complexity index is 772. The van der Waals surface area contributed by atoms with Gasteiger partial charge in [0.1, 0.15) is 10.1 Å². The Labute approximate surface area is 150 Å². The molecule has 2 aromatic rings. The monoisotopic (exact) mass is 357 g/mol. The molecule has 3 rings (SSSR count). The fourth-order valence-electron chi connectivity index (χ4n) is 2.49. The van der Waals surface area contributed by atoms with Gasteiger partial charge >= 0.3 is 0 Å². The van der Waals surface area contributed by atoms with Gasteiger partial charge in [0, 0.05) is 6.54 Å². The molecule has 0 N–H and O–H groups in total. The number of hydrogen-bond acceptors (Lipinski definition) is 3. The fraction of sp³-hybridized carbons (Fsp3) is 0.158. The first kappa shape index (κ1) is 16.9. The Morgan fingerprint density at radius 1 is 1.08 bits per heavy atom. The summed E-state index contributed by atoms with van der Waals surface area (Å²) in [6.07, 6.45) is 3.53. The Kier molecular flexibility index (Phi) is 5.43. The molecular formula is C19H16FNOS2. The Morgan fingerprint density at radius 2 is 1.79 bits per heavy atom. The average Bonchev–Trinajstić information content (AvgIpc) is 2.85. The van der Waals surface area contributed by atoms with Crippen molar-refractivity contribution in [2.24, 2.45) is 0 Å². The van der Waals surface area contributed by atoms with Crippen LogP contribution in [0, 0.1) is 5.82 Å². The summed E-state index contributed by atoms with van der Waals surface area (Å²) in [5.74, 6) is -0.358. The summed E-state index contributed by atoms with van der Waals surface area (Å²) in [6.45, 7) is 0.611. The van der Waals surface area contributed by atoms with Crippen LogP contribution < -0.4 is 0 Å². The molecule has 1 saturated heterocycles. The maximum atomic E-state index is 13.0. The minimum atomic E-state index is -0.291. The third-order valence-corrected chi connectivity index (χ3v) is 5.11. The predicted octanol–water partition coefficient (Wildman–Crippen LogP) is 4.66. The first-order valence-corrected chi connectivity index (χ1v) is 8.91. The zero-order valence-corrected chi connectivity index (χ0v) is 14.6. The van der Waals surface area contributed by atoms with Crippen LogP contribution in [0.2, 0.25) is 0 Å². The molecular weight excluding hydrogens is 341 g/mol. The van der Waals surface area contributed by atoms with Crippen molar-refractivity contribution in [1.29, 1.82) is 0 Å². The SMILES string of the molecule is O=C1/C(=C/c2ccc(F)cc2)SC(=S)N1CCCc1ccccc1. The maximum absolute atomic E-state index is 13.0. The molecule has 2 aromatic carbocycles. The van der Waals surface area contributed by atoms with Crippen molar-refractivity contribution in [3.8, 4) is 0 Å². The van der Waals surface area contributed by atoms with Crippen LogP contribution in [0.25, 0.3) is 6.08 Å². The van der Waals surface area contributed by atoms with Crippen LogP contribution in [0.4, 0.5) is 4.39 Å². The van der Waals surface area contributed by atoms with Crippen LogP contribution in [0.3, 0.4) is 0 Å². The average molecular weight is 357 g/mol. The smallest absolute Gasteiger partial charge is 0.266 e. The number of thiocarbonyl (C=S) groups is 1. The first-order valence-electron chi connectivity index (χ1n) is 7.68. The zero-order chi connectivity index (χ0) is 16.9. The number of rotatable bonds is 5. The molecule has 0 atom stereocenters. The number of benzene rings is 2. The second-order valence-electron chi connectivity index (χ2n) is 5.47. The second kappa shape index (κ2) is 7.73. The van der Waals surface area contributed by atoms with Crippen molar-refractivity contribution in [2.75, 3.05) is 6.54 Å². The van der Waals surface area contributed by atoms with E-state index in [0.717, 1.165) is 18.4 Å². The molecule has 0 unspecified atom stereocenters. The second-order valence-corrected chi connectivity index (χ2v) is 7.15. The molecule has 1 amide bonds. The molecule has 2 nitrogen and oxygen atoms in total. The largest absolute Gasteiger partial charge is 0.293 e. The number of halogens is 1. The fourth-order valence-corrected chi connectivity index (χ4v) is 3.80. The lowest BCUT2D eigenvalue weighted by molar-refractivity contribution is -0.122. The van der Waals surface area contributed by atoms with Crippen LogP contribution >= 0.6 is 24.0 Å². The van der Waals surface area contributed by atoms with Gasteiger partial charge in [-0.2, -0.15) is 0 Å². The minimum absolute atomic E-state index is 0.0672. The Hall–Kier alpha value is -1.98. The third-order valence-electron chi connectivity index (χ3n) is 3.73. The quantitative estimate of drug-likeness (QED) is 0.573. The van der Waals surface area contributed by atoms with Gasteiger partial charge in [0.2, 0.25) is 0 Å². The number of aryl methyl sites for hydroxylation is 1. The standard InChI is InChI=1S/C19H16FNOS2/c20-16-10-8-15(9-11-16)13-17-18(22)21(19(23)24-17)12-4-7-14-5-2-1-3-6-14/h1-3,5-6,8-11,13H,4,7,12H2/b17-13-. The van der Waals surface area contributed by atoms with Crippen molar-refractivity contribution in [3.63, 3.8) is 0 Å². The van der Waals surface area contributed by atoms with Gasteiger partial charge in [-0.25, -0.2) is 4.39 Å². The van der Waals surface area contributed by atoms with Gasteiger partial charge in [-0.1, -0.05) is 66.4 Å². The van der Waals surface area contributed by atoms with Gasteiger partial charge in [0.25, 0.3) is 5.91 Å². The summed E-state index contributed by atoms with van der Waals surface area (Å²) in [6, 6.07) is 16.2. The van der Waals surface area contributed by atoms with Crippen molar-refractivity contribution in [3.05, 3.63) is 76.4 Å². The number of thioether (sulfide) groups is 1. The first-order chi connectivity index (χ1) is 11.6. The van der Waals surface area contributed by atoms with Crippen LogP contribution in [-0.4, -0.2) is 21.7 Å². The summed E-state index contributed by atoms with van der Waals surface area (Å²) in [5.41, 5.74) is 2.05. The van der Waals surface area contributed by atoms with E-state index in [4.69, 9.17) is 12.2 Å². The highest BCUT2D eigenvalue weighted by molar-refractivity contribution is 8.26. The molecule has 0 bridgehead atoms. The van der Waals surface area contributed by atoms with Crippen molar-refractivity contribution >= 4 is 40.3 Å². The van der Waals surface area contributed by atoms with E-state index in [2.05, 4.69) is 12.1 Å². The predicted molar refractivity (Wildman–Crippen MR) is 101 cm³/mol. The van der Waals surface area contributed by atoms with Crippen LogP contribution in [0.15, 0.2) is 59.5 Å². The molecule has 1 aliphatic heterocycles. The summed E-state index contributed by atoms with van der Waals surface area (Å²) in [5, 5.41) is 0. The van der Waals surface area contributed by atoms with Gasteiger partial charge in [0.15, 0.2) is 0 Å². The number of hydrogen-bond donors (Lipinski definition) is 0. The van der Waals surface area contributed by atoms with Crippen LogP contribution in [-0.2, 0) is 11.2 Å². The summed E-state index contributed by atoms with van der Waals surface area (Å²) >= 11 is 6.63. The maximum Gasteiger partial charge on any atom is 0.266 e. The normalized spacial score (nSPS) is 16.2. The molecule has 0 spiro atoms. The van der Waals surface area contributed by atoms with Gasteiger partial charge in [-0.05, 0) is 42.2 Å². The molecule has 0 radical (unpaired) electrons. The molecule has 24 heavy (non-hydrogen) atoms. The Balaban J connectivity index is 1.62. The highest BCUT2D eigenvalue weighted by atomic mass is 32.2. The molecule has 0 saturated carbocycles.